The van der Waals surface area contributed by atoms with Crippen molar-refractivity contribution in [2.24, 2.45) is 5.92 Å². The van der Waals surface area contributed by atoms with Gasteiger partial charge in [-0.15, -0.1) is 0 Å². The smallest absolute Gasteiger partial charge is 0.325 e. The third kappa shape index (κ3) is 5.75. The van der Waals surface area contributed by atoms with Crippen molar-refractivity contribution >= 4 is 17.7 Å². The summed E-state index contributed by atoms with van der Waals surface area (Å²) < 4.78 is 4.79. The molecule has 96 valence electrons. The molecule has 0 spiro atoms. The number of hydrogen-bond donors (Lipinski definition) is 1. The molecular weight excluding hydrogens is 222 g/mol. The van der Waals surface area contributed by atoms with Gasteiger partial charge in [0.1, 0.15) is 5.54 Å². The quantitative estimate of drug-likeness (QED) is 0.528. The third-order valence-electron chi connectivity index (χ3n) is 2.60. The van der Waals surface area contributed by atoms with Crippen LogP contribution in [0.5, 0.6) is 0 Å². The number of esters is 1. The maximum absolute atomic E-state index is 11.5. The van der Waals surface area contributed by atoms with E-state index in [2.05, 4.69) is 19.2 Å². The van der Waals surface area contributed by atoms with Crippen LogP contribution in [-0.2, 0) is 9.53 Å². The van der Waals surface area contributed by atoms with Crippen LogP contribution >= 0.6 is 11.8 Å². The first-order chi connectivity index (χ1) is 7.46. The molecular formula is C12H25NO2S. The summed E-state index contributed by atoms with van der Waals surface area (Å²) in [5, 5.41) is 3.05. The summed E-state index contributed by atoms with van der Waals surface area (Å²) in [5.74, 6) is 2.85. The second-order valence-corrected chi connectivity index (χ2v) is 5.80. The van der Waals surface area contributed by atoms with Crippen LogP contribution in [0.4, 0.5) is 0 Å². The van der Waals surface area contributed by atoms with Gasteiger partial charge in [-0.2, -0.15) is 11.8 Å². The molecule has 0 aromatic carbocycles. The number of carbonyl (C=O) groups excluding carboxylic acids is 1. The molecule has 0 fully saturated rings. The highest BCUT2D eigenvalue weighted by molar-refractivity contribution is 7.99. The monoisotopic (exact) mass is 247 g/mol. The molecule has 0 aliphatic heterocycles. The Hall–Kier alpha value is -0.220. The maximum Gasteiger partial charge on any atom is 0.325 e. The first kappa shape index (κ1) is 15.8. The van der Waals surface area contributed by atoms with E-state index in [-0.39, 0.29) is 5.97 Å². The predicted molar refractivity (Wildman–Crippen MR) is 70.9 cm³/mol. The number of thioether (sulfide) groups is 1. The van der Waals surface area contributed by atoms with Crippen LogP contribution < -0.4 is 5.32 Å². The van der Waals surface area contributed by atoms with E-state index in [1.165, 1.54) is 12.9 Å². The van der Waals surface area contributed by atoms with Crippen LogP contribution in [0.25, 0.3) is 0 Å². The van der Waals surface area contributed by atoms with Crippen LogP contribution in [0.15, 0.2) is 0 Å². The Bertz CT molecular complexity index is 209. The fourth-order valence-corrected chi connectivity index (χ4v) is 2.39. The Balaban J connectivity index is 3.83. The van der Waals surface area contributed by atoms with Crippen molar-refractivity contribution < 1.29 is 9.53 Å². The van der Waals surface area contributed by atoms with E-state index in [1.54, 1.807) is 7.05 Å². The van der Waals surface area contributed by atoms with Crippen LogP contribution in [0.2, 0.25) is 0 Å². The SMILES string of the molecule is CNC(C)(CCCSCC(C)C)C(=O)OC. The molecule has 0 aliphatic carbocycles. The number of likely N-dealkylation sites (N-methyl/N-ethyl adjacent to an activating group) is 1. The molecule has 0 heterocycles. The van der Waals surface area contributed by atoms with E-state index in [9.17, 15) is 4.79 Å². The van der Waals surface area contributed by atoms with Gasteiger partial charge in [0.05, 0.1) is 7.11 Å². The van der Waals surface area contributed by atoms with Gasteiger partial charge >= 0.3 is 5.97 Å². The van der Waals surface area contributed by atoms with E-state index >= 15 is 0 Å². The zero-order chi connectivity index (χ0) is 12.6. The van der Waals surface area contributed by atoms with E-state index in [4.69, 9.17) is 4.74 Å². The molecule has 1 N–H and O–H groups in total. The lowest BCUT2D eigenvalue weighted by molar-refractivity contribution is -0.148. The number of methoxy groups -OCH3 is 1. The minimum Gasteiger partial charge on any atom is -0.468 e. The van der Waals surface area contributed by atoms with E-state index in [0.29, 0.717) is 0 Å². The Morgan fingerprint density at radius 2 is 2.12 bits per heavy atom. The minimum atomic E-state index is -0.535. The Kier molecular flexibility index (Phi) is 7.85. The summed E-state index contributed by atoms with van der Waals surface area (Å²) in [6, 6.07) is 0. The number of ether oxygens (including phenoxy) is 1. The number of nitrogens with one attached hydrogen (secondary N) is 1. The third-order valence-corrected chi connectivity index (χ3v) is 4.08. The van der Waals surface area contributed by atoms with Gasteiger partial charge in [0.15, 0.2) is 0 Å². The van der Waals surface area contributed by atoms with E-state index in [1.807, 2.05) is 18.7 Å². The predicted octanol–water partition coefficient (Wildman–Crippen LogP) is 2.31. The average molecular weight is 247 g/mol. The van der Waals surface area contributed by atoms with Crippen molar-refractivity contribution in [1.82, 2.24) is 5.32 Å². The van der Waals surface area contributed by atoms with E-state index < -0.39 is 5.54 Å². The Morgan fingerprint density at radius 3 is 2.56 bits per heavy atom. The summed E-state index contributed by atoms with van der Waals surface area (Å²) >= 11 is 1.95. The van der Waals surface area contributed by atoms with Crippen molar-refractivity contribution in [2.75, 3.05) is 25.7 Å². The highest BCUT2D eigenvalue weighted by Crippen LogP contribution is 2.17. The summed E-state index contributed by atoms with van der Waals surface area (Å²) in [5.41, 5.74) is -0.535. The van der Waals surface area contributed by atoms with Gasteiger partial charge < -0.3 is 10.1 Å². The molecule has 0 aromatic heterocycles. The molecule has 16 heavy (non-hydrogen) atoms. The van der Waals surface area contributed by atoms with Gasteiger partial charge in [0.25, 0.3) is 0 Å². The summed E-state index contributed by atoms with van der Waals surface area (Å²) in [6.07, 6.45) is 1.85. The molecule has 0 saturated carbocycles. The minimum absolute atomic E-state index is 0.177. The molecule has 0 radical (unpaired) electrons. The van der Waals surface area contributed by atoms with Crippen LogP contribution in [0.3, 0.4) is 0 Å². The fourth-order valence-electron chi connectivity index (χ4n) is 1.40. The Labute approximate surface area is 104 Å². The normalized spacial score (nSPS) is 14.9. The standard InChI is InChI=1S/C12H25NO2S/c1-10(2)9-16-8-6-7-12(3,13-4)11(14)15-5/h10,13H,6-9H2,1-5H3. The van der Waals surface area contributed by atoms with Gasteiger partial charge in [-0.1, -0.05) is 13.8 Å². The lowest BCUT2D eigenvalue weighted by atomic mass is 9.97. The van der Waals surface area contributed by atoms with Crippen LogP contribution in [-0.4, -0.2) is 37.2 Å². The summed E-state index contributed by atoms with van der Waals surface area (Å²) in [4.78, 5) is 11.5. The van der Waals surface area contributed by atoms with Gasteiger partial charge in [-0.05, 0) is 44.2 Å². The highest BCUT2D eigenvalue weighted by Gasteiger charge is 2.31. The largest absolute Gasteiger partial charge is 0.468 e. The molecule has 0 aromatic rings. The second kappa shape index (κ2) is 7.96. The van der Waals surface area contributed by atoms with Crippen molar-refractivity contribution in [2.45, 2.75) is 39.2 Å². The van der Waals surface area contributed by atoms with Gasteiger partial charge in [-0.3, -0.25) is 4.79 Å². The van der Waals surface area contributed by atoms with Crippen LogP contribution in [0, 0.1) is 5.92 Å². The number of carbonyl (C=O) groups is 1. The fraction of sp³-hybridized carbons (Fsp3) is 0.917. The molecule has 0 amide bonds. The zero-order valence-corrected chi connectivity index (χ0v) is 11.9. The molecule has 1 unspecified atom stereocenters. The zero-order valence-electron chi connectivity index (χ0n) is 11.1. The van der Waals surface area contributed by atoms with Crippen molar-refractivity contribution in [3.05, 3.63) is 0 Å². The lowest BCUT2D eigenvalue weighted by Crippen LogP contribution is -2.48. The van der Waals surface area contributed by atoms with Crippen molar-refractivity contribution in [3.8, 4) is 0 Å². The number of hydrogen-bond acceptors (Lipinski definition) is 4. The first-order valence-corrected chi connectivity index (χ1v) is 6.97. The van der Waals surface area contributed by atoms with E-state index in [0.717, 1.165) is 24.5 Å². The first-order valence-electron chi connectivity index (χ1n) is 5.81. The molecule has 4 heteroatoms. The summed E-state index contributed by atoms with van der Waals surface area (Å²) in [6.45, 7) is 6.34. The van der Waals surface area contributed by atoms with Crippen molar-refractivity contribution in [1.29, 1.82) is 0 Å². The molecule has 0 bridgehead atoms. The lowest BCUT2D eigenvalue weighted by Gasteiger charge is -2.25. The van der Waals surface area contributed by atoms with Gasteiger partial charge in [0.2, 0.25) is 0 Å². The average Bonchev–Trinajstić information content (AvgIpc) is 2.26. The Morgan fingerprint density at radius 1 is 1.50 bits per heavy atom. The highest BCUT2D eigenvalue weighted by atomic mass is 32.2. The van der Waals surface area contributed by atoms with Gasteiger partial charge in [-0.25, -0.2) is 0 Å². The molecule has 3 nitrogen and oxygen atoms in total. The number of rotatable bonds is 8. The summed E-state index contributed by atoms with van der Waals surface area (Å²) in [7, 11) is 3.24. The topological polar surface area (TPSA) is 38.3 Å². The molecule has 0 saturated heterocycles. The maximum atomic E-state index is 11.5. The van der Waals surface area contributed by atoms with Gasteiger partial charge in [0, 0.05) is 0 Å². The molecule has 0 aliphatic rings. The van der Waals surface area contributed by atoms with Crippen LogP contribution in [0.1, 0.15) is 33.6 Å². The second-order valence-electron chi connectivity index (χ2n) is 4.65. The molecule has 0 rings (SSSR count). The molecule has 1 atom stereocenters. The van der Waals surface area contributed by atoms with Crippen molar-refractivity contribution in [3.63, 3.8) is 0 Å².